The van der Waals surface area contributed by atoms with Crippen LogP contribution in [0.4, 0.5) is 5.82 Å². The zero-order valence-corrected chi connectivity index (χ0v) is 11.2. The molecule has 0 saturated carbocycles. The third-order valence-corrected chi connectivity index (χ3v) is 2.76. The van der Waals surface area contributed by atoms with E-state index in [0.29, 0.717) is 13.2 Å². The van der Waals surface area contributed by atoms with E-state index in [4.69, 9.17) is 9.47 Å². The van der Waals surface area contributed by atoms with Crippen LogP contribution >= 0.6 is 0 Å². The van der Waals surface area contributed by atoms with Crippen LogP contribution in [-0.4, -0.2) is 48.1 Å². The lowest BCUT2D eigenvalue weighted by Gasteiger charge is -2.07. The van der Waals surface area contributed by atoms with Gasteiger partial charge in [-0.3, -0.25) is 0 Å². The van der Waals surface area contributed by atoms with Crippen LogP contribution in [0.5, 0.6) is 0 Å². The molecule has 0 aliphatic heterocycles. The molecular weight excluding hydrogens is 244 g/mol. The largest absolute Gasteiger partial charge is 0.382 e. The Morgan fingerprint density at radius 3 is 3.05 bits per heavy atom. The van der Waals surface area contributed by atoms with Crippen molar-refractivity contribution < 1.29 is 9.47 Å². The van der Waals surface area contributed by atoms with Crippen molar-refractivity contribution in [1.29, 1.82) is 0 Å². The summed E-state index contributed by atoms with van der Waals surface area (Å²) >= 11 is 0. The van der Waals surface area contributed by atoms with Crippen LogP contribution in [-0.2, 0) is 9.47 Å². The van der Waals surface area contributed by atoms with Crippen molar-refractivity contribution >= 4 is 11.3 Å². The molecule has 0 fully saturated rings. The normalized spacial score (nSPS) is 11.0. The standard InChI is InChI=1S/C13H20N4O2/c1-18-10-11-19-9-3-2-5-14-13-12-4-6-16-17(12)8-7-15-13/h4,6-8H,2-3,5,9-11H2,1H3,(H,14,15). The van der Waals surface area contributed by atoms with E-state index in [1.54, 1.807) is 19.5 Å². The Bertz CT molecular complexity index is 486. The van der Waals surface area contributed by atoms with Crippen LogP contribution in [0.25, 0.3) is 5.52 Å². The van der Waals surface area contributed by atoms with Crippen LogP contribution in [0, 0.1) is 0 Å². The highest BCUT2D eigenvalue weighted by Gasteiger charge is 2.01. The van der Waals surface area contributed by atoms with E-state index in [1.807, 2.05) is 16.8 Å². The van der Waals surface area contributed by atoms with E-state index >= 15 is 0 Å². The fraction of sp³-hybridized carbons (Fsp3) is 0.538. The number of aromatic nitrogens is 3. The van der Waals surface area contributed by atoms with Crippen molar-refractivity contribution in [2.75, 3.05) is 38.8 Å². The Morgan fingerprint density at radius 2 is 2.16 bits per heavy atom. The van der Waals surface area contributed by atoms with Crippen LogP contribution in [0.3, 0.4) is 0 Å². The predicted octanol–water partition coefficient (Wildman–Crippen LogP) is 1.58. The molecule has 0 aliphatic rings. The Hall–Kier alpha value is -1.66. The summed E-state index contributed by atoms with van der Waals surface area (Å²) in [7, 11) is 1.68. The number of nitrogens with one attached hydrogen (secondary N) is 1. The monoisotopic (exact) mass is 264 g/mol. The first kappa shape index (κ1) is 13.8. The Kier molecular flexibility index (Phi) is 5.58. The average Bonchev–Trinajstić information content (AvgIpc) is 2.91. The van der Waals surface area contributed by atoms with Gasteiger partial charge in [-0.15, -0.1) is 0 Å². The molecule has 2 aromatic heterocycles. The average molecular weight is 264 g/mol. The first-order chi connectivity index (χ1) is 9.42. The fourth-order valence-corrected chi connectivity index (χ4v) is 1.77. The third kappa shape index (κ3) is 4.18. The van der Waals surface area contributed by atoms with Crippen LogP contribution in [0.15, 0.2) is 24.7 Å². The molecule has 0 bridgehead atoms. The molecule has 0 saturated heterocycles. The number of unbranched alkanes of at least 4 members (excludes halogenated alkanes) is 1. The van der Waals surface area contributed by atoms with Crippen molar-refractivity contribution in [3.63, 3.8) is 0 Å². The summed E-state index contributed by atoms with van der Waals surface area (Å²) < 4.78 is 12.1. The summed E-state index contributed by atoms with van der Waals surface area (Å²) in [6.45, 7) is 2.98. The molecule has 0 amide bonds. The van der Waals surface area contributed by atoms with Gasteiger partial charge in [-0.1, -0.05) is 0 Å². The summed E-state index contributed by atoms with van der Waals surface area (Å²) in [5.74, 6) is 0.875. The molecule has 0 unspecified atom stereocenters. The number of fused-ring (bicyclic) bond motifs is 1. The minimum absolute atomic E-state index is 0.658. The van der Waals surface area contributed by atoms with Gasteiger partial charge in [-0.2, -0.15) is 5.10 Å². The molecule has 0 aromatic carbocycles. The van der Waals surface area contributed by atoms with Gasteiger partial charge < -0.3 is 14.8 Å². The second kappa shape index (κ2) is 7.70. The third-order valence-electron chi connectivity index (χ3n) is 2.76. The van der Waals surface area contributed by atoms with Crippen LogP contribution < -0.4 is 5.32 Å². The lowest BCUT2D eigenvalue weighted by Crippen LogP contribution is -2.07. The quantitative estimate of drug-likeness (QED) is 0.697. The Labute approximate surface area is 112 Å². The molecule has 2 aromatic rings. The maximum Gasteiger partial charge on any atom is 0.152 e. The van der Waals surface area contributed by atoms with Gasteiger partial charge in [-0.05, 0) is 18.9 Å². The van der Waals surface area contributed by atoms with Gasteiger partial charge in [-0.25, -0.2) is 9.50 Å². The molecular formula is C13H20N4O2. The van der Waals surface area contributed by atoms with Crippen molar-refractivity contribution in [2.45, 2.75) is 12.8 Å². The summed E-state index contributed by atoms with van der Waals surface area (Å²) in [4.78, 5) is 4.32. The molecule has 1 N–H and O–H groups in total. The summed E-state index contributed by atoms with van der Waals surface area (Å²) in [5, 5.41) is 7.49. The van der Waals surface area contributed by atoms with Crippen LogP contribution in [0.2, 0.25) is 0 Å². The first-order valence-corrected chi connectivity index (χ1v) is 6.50. The van der Waals surface area contributed by atoms with E-state index in [9.17, 15) is 0 Å². The molecule has 6 heteroatoms. The maximum atomic E-state index is 5.40. The predicted molar refractivity (Wildman–Crippen MR) is 73.4 cm³/mol. The highest BCUT2D eigenvalue weighted by molar-refractivity contribution is 5.66. The number of hydrogen-bond donors (Lipinski definition) is 1. The smallest absolute Gasteiger partial charge is 0.152 e. The van der Waals surface area contributed by atoms with Crippen molar-refractivity contribution in [3.05, 3.63) is 24.7 Å². The Morgan fingerprint density at radius 1 is 1.21 bits per heavy atom. The SMILES string of the molecule is COCCOCCCCNc1nccn2nccc12. The lowest BCUT2D eigenvalue weighted by atomic mass is 10.3. The zero-order valence-electron chi connectivity index (χ0n) is 11.2. The lowest BCUT2D eigenvalue weighted by molar-refractivity contribution is 0.0691. The number of anilines is 1. The number of ether oxygens (including phenoxy) is 2. The van der Waals surface area contributed by atoms with Gasteiger partial charge in [0.15, 0.2) is 5.82 Å². The minimum atomic E-state index is 0.658. The second-order valence-corrected chi connectivity index (χ2v) is 4.18. The molecule has 0 atom stereocenters. The van der Waals surface area contributed by atoms with E-state index in [1.165, 1.54) is 0 Å². The summed E-state index contributed by atoms with van der Waals surface area (Å²) in [6.07, 6.45) is 7.43. The first-order valence-electron chi connectivity index (χ1n) is 6.50. The van der Waals surface area contributed by atoms with Gasteiger partial charge in [0.1, 0.15) is 5.52 Å². The van der Waals surface area contributed by atoms with Gasteiger partial charge >= 0.3 is 0 Å². The number of rotatable bonds is 9. The highest BCUT2D eigenvalue weighted by Crippen LogP contribution is 2.12. The molecule has 0 radical (unpaired) electrons. The van der Waals surface area contributed by atoms with E-state index < -0.39 is 0 Å². The number of nitrogens with zero attached hydrogens (tertiary/aromatic N) is 3. The topological polar surface area (TPSA) is 60.7 Å². The van der Waals surface area contributed by atoms with Crippen LogP contribution in [0.1, 0.15) is 12.8 Å². The number of methoxy groups -OCH3 is 1. The van der Waals surface area contributed by atoms with E-state index in [2.05, 4.69) is 15.4 Å². The van der Waals surface area contributed by atoms with E-state index in [0.717, 1.165) is 37.3 Å². The van der Waals surface area contributed by atoms with Gasteiger partial charge in [0, 0.05) is 32.7 Å². The molecule has 0 spiro atoms. The molecule has 2 heterocycles. The fourth-order valence-electron chi connectivity index (χ4n) is 1.77. The molecule has 6 nitrogen and oxygen atoms in total. The number of hydrogen-bond acceptors (Lipinski definition) is 5. The van der Waals surface area contributed by atoms with E-state index in [-0.39, 0.29) is 0 Å². The van der Waals surface area contributed by atoms with Crippen molar-refractivity contribution in [3.8, 4) is 0 Å². The maximum absolute atomic E-state index is 5.40. The molecule has 104 valence electrons. The molecule has 19 heavy (non-hydrogen) atoms. The summed E-state index contributed by atoms with van der Waals surface area (Å²) in [6, 6.07) is 1.95. The minimum Gasteiger partial charge on any atom is -0.382 e. The van der Waals surface area contributed by atoms with Crippen molar-refractivity contribution in [2.24, 2.45) is 0 Å². The highest BCUT2D eigenvalue weighted by atomic mass is 16.5. The van der Waals surface area contributed by atoms with Crippen molar-refractivity contribution in [1.82, 2.24) is 14.6 Å². The molecule has 2 rings (SSSR count). The van der Waals surface area contributed by atoms with Gasteiger partial charge in [0.05, 0.1) is 19.4 Å². The zero-order chi connectivity index (χ0) is 13.3. The van der Waals surface area contributed by atoms with Gasteiger partial charge in [0.2, 0.25) is 0 Å². The molecule has 0 aliphatic carbocycles. The van der Waals surface area contributed by atoms with Gasteiger partial charge in [0.25, 0.3) is 0 Å². The second-order valence-electron chi connectivity index (χ2n) is 4.18. The Balaban J connectivity index is 1.64. The summed E-state index contributed by atoms with van der Waals surface area (Å²) in [5.41, 5.74) is 0.999.